The van der Waals surface area contributed by atoms with Gasteiger partial charge in [0, 0.05) is 25.5 Å². The zero-order chi connectivity index (χ0) is 20.4. The molecule has 0 aromatic carbocycles. The van der Waals surface area contributed by atoms with E-state index in [0.717, 1.165) is 43.7 Å². The summed E-state index contributed by atoms with van der Waals surface area (Å²) in [5.74, 6) is 0.870. The SMILES string of the molecule is CCCCO[C@@H]1CC2CC[C@H](C1)[C@H]2NC(=O)c1ncn2c(C)cc(COC)nc12. The minimum atomic E-state index is -0.124. The van der Waals surface area contributed by atoms with Crippen molar-refractivity contribution in [2.45, 2.75) is 71.1 Å². The number of nitrogens with zero attached hydrogens (tertiary/aromatic N) is 3. The third-order valence-electron chi connectivity index (χ3n) is 6.46. The molecule has 0 aliphatic heterocycles. The summed E-state index contributed by atoms with van der Waals surface area (Å²) in [7, 11) is 1.64. The van der Waals surface area contributed by atoms with Gasteiger partial charge in [-0.2, -0.15) is 0 Å². The monoisotopic (exact) mass is 400 g/mol. The number of unbranched alkanes of at least 4 members (excludes halogenated alkanes) is 1. The standard InChI is InChI=1S/C22H32N4O3/c1-4-5-8-29-18-10-15-6-7-16(11-18)19(15)25-22(27)20-21-24-17(12-28-3)9-14(2)26(21)13-23-20/h9,13,15-16,18-19H,4-8,10-12H2,1-3H3,(H,25,27)/t15-,16?,18+,19-/m1/s1. The summed E-state index contributed by atoms with van der Waals surface area (Å²) < 4.78 is 13.2. The highest BCUT2D eigenvalue weighted by atomic mass is 16.5. The molecule has 2 fully saturated rings. The summed E-state index contributed by atoms with van der Waals surface area (Å²) in [6, 6.07) is 2.17. The lowest BCUT2D eigenvalue weighted by molar-refractivity contribution is -0.00121. The van der Waals surface area contributed by atoms with Crippen LogP contribution in [-0.4, -0.2) is 46.1 Å². The molecule has 2 saturated carbocycles. The third kappa shape index (κ3) is 4.16. The molecule has 4 rings (SSSR count). The molecular weight excluding hydrogens is 368 g/mol. The molecule has 1 unspecified atom stereocenters. The van der Waals surface area contributed by atoms with E-state index in [4.69, 9.17) is 9.47 Å². The Morgan fingerprint density at radius 1 is 1.31 bits per heavy atom. The number of amides is 1. The van der Waals surface area contributed by atoms with Gasteiger partial charge in [0.2, 0.25) is 0 Å². The van der Waals surface area contributed by atoms with Crippen LogP contribution in [0.4, 0.5) is 0 Å². The Balaban J connectivity index is 1.46. The Hall–Kier alpha value is -1.99. The molecule has 4 atom stereocenters. The first-order valence-electron chi connectivity index (χ1n) is 10.9. The predicted octanol–water partition coefficient (Wildman–Crippen LogP) is 3.29. The summed E-state index contributed by atoms with van der Waals surface area (Å²) >= 11 is 0. The molecule has 2 aromatic heterocycles. The Morgan fingerprint density at radius 2 is 2.07 bits per heavy atom. The van der Waals surface area contributed by atoms with Gasteiger partial charge in [-0.05, 0) is 56.9 Å². The van der Waals surface area contributed by atoms with E-state index in [9.17, 15) is 4.79 Å². The zero-order valence-electron chi connectivity index (χ0n) is 17.7. The predicted molar refractivity (Wildman–Crippen MR) is 110 cm³/mol. The van der Waals surface area contributed by atoms with Crippen molar-refractivity contribution in [3.05, 3.63) is 29.5 Å². The molecule has 0 spiro atoms. The maximum Gasteiger partial charge on any atom is 0.274 e. The maximum atomic E-state index is 13.1. The third-order valence-corrected chi connectivity index (χ3v) is 6.46. The van der Waals surface area contributed by atoms with E-state index in [-0.39, 0.29) is 11.9 Å². The zero-order valence-corrected chi connectivity index (χ0v) is 17.7. The van der Waals surface area contributed by atoms with Gasteiger partial charge < -0.3 is 14.8 Å². The fourth-order valence-corrected chi connectivity index (χ4v) is 5.03. The normalized spacial score (nSPS) is 26.2. The van der Waals surface area contributed by atoms with Crippen LogP contribution in [0.5, 0.6) is 0 Å². The van der Waals surface area contributed by atoms with E-state index < -0.39 is 0 Å². The number of aryl methyl sites for hydroxylation is 1. The number of imidazole rings is 1. The van der Waals surface area contributed by atoms with Gasteiger partial charge in [0.05, 0.1) is 18.4 Å². The van der Waals surface area contributed by atoms with Crippen molar-refractivity contribution in [3.8, 4) is 0 Å². The van der Waals surface area contributed by atoms with E-state index in [1.54, 1.807) is 13.4 Å². The van der Waals surface area contributed by atoms with Gasteiger partial charge in [0.15, 0.2) is 11.3 Å². The molecule has 1 amide bonds. The van der Waals surface area contributed by atoms with Gasteiger partial charge >= 0.3 is 0 Å². The van der Waals surface area contributed by atoms with Gasteiger partial charge in [-0.3, -0.25) is 9.20 Å². The van der Waals surface area contributed by atoms with Crippen molar-refractivity contribution in [3.63, 3.8) is 0 Å². The van der Waals surface area contributed by atoms with Crippen LogP contribution in [0.25, 0.3) is 5.65 Å². The number of fused-ring (bicyclic) bond motifs is 3. The van der Waals surface area contributed by atoms with Crippen molar-refractivity contribution in [2.75, 3.05) is 13.7 Å². The first-order chi connectivity index (χ1) is 14.1. The number of rotatable bonds is 8. The van der Waals surface area contributed by atoms with Crippen molar-refractivity contribution in [2.24, 2.45) is 11.8 Å². The minimum absolute atomic E-state index is 0.124. The van der Waals surface area contributed by atoms with E-state index in [1.165, 1.54) is 12.8 Å². The lowest BCUT2D eigenvalue weighted by Crippen LogP contribution is -2.46. The number of carbonyl (C=O) groups excluding carboxylic acids is 1. The molecule has 2 aromatic rings. The average Bonchev–Trinajstić information content (AvgIpc) is 3.21. The molecule has 2 bridgehead atoms. The van der Waals surface area contributed by atoms with Crippen molar-refractivity contribution in [1.29, 1.82) is 0 Å². The number of methoxy groups -OCH3 is 1. The lowest BCUT2D eigenvalue weighted by Gasteiger charge is -2.35. The number of aromatic nitrogens is 3. The van der Waals surface area contributed by atoms with Crippen LogP contribution in [0.2, 0.25) is 0 Å². The van der Waals surface area contributed by atoms with Gasteiger partial charge in [-0.1, -0.05) is 13.3 Å². The Kier molecular flexibility index (Phi) is 6.15. The molecule has 2 aliphatic rings. The Morgan fingerprint density at radius 3 is 2.76 bits per heavy atom. The summed E-state index contributed by atoms with van der Waals surface area (Å²) in [5.41, 5.74) is 2.78. The second kappa shape index (κ2) is 8.79. The molecule has 2 heterocycles. The number of hydrogen-bond acceptors (Lipinski definition) is 5. The van der Waals surface area contributed by atoms with Crippen LogP contribution in [0, 0.1) is 18.8 Å². The summed E-state index contributed by atoms with van der Waals surface area (Å²) in [6.07, 6.45) is 8.74. The molecule has 0 saturated heterocycles. The number of carbonyl (C=O) groups is 1. The van der Waals surface area contributed by atoms with Crippen LogP contribution in [-0.2, 0) is 16.1 Å². The van der Waals surface area contributed by atoms with Crippen molar-refractivity contribution < 1.29 is 14.3 Å². The fourth-order valence-electron chi connectivity index (χ4n) is 5.03. The highest BCUT2D eigenvalue weighted by Crippen LogP contribution is 2.43. The smallest absolute Gasteiger partial charge is 0.274 e. The summed E-state index contributed by atoms with van der Waals surface area (Å²) in [6.45, 7) is 5.44. The van der Waals surface area contributed by atoms with Crippen LogP contribution in [0.3, 0.4) is 0 Å². The van der Waals surface area contributed by atoms with Gasteiger partial charge in [-0.15, -0.1) is 0 Å². The molecule has 158 valence electrons. The Labute approximate surface area is 172 Å². The second-order valence-electron chi connectivity index (χ2n) is 8.52. The number of ether oxygens (including phenoxy) is 2. The molecule has 2 aliphatic carbocycles. The van der Waals surface area contributed by atoms with E-state index in [2.05, 4.69) is 22.2 Å². The highest BCUT2D eigenvalue weighted by molar-refractivity contribution is 5.98. The first kappa shape index (κ1) is 20.3. The van der Waals surface area contributed by atoms with Gasteiger partial charge in [0.25, 0.3) is 5.91 Å². The number of hydrogen-bond donors (Lipinski definition) is 1. The maximum absolute atomic E-state index is 13.1. The van der Waals surface area contributed by atoms with Crippen LogP contribution >= 0.6 is 0 Å². The first-order valence-corrected chi connectivity index (χ1v) is 10.9. The molecule has 29 heavy (non-hydrogen) atoms. The molecule has 1 N–H and O–H groups in total. The van der Waals surface area contributed by atoms with Crippen LogP contribution in [0.15, 0.2) is 12.4 Å². The largest absolute Gasteiger partial charge is 0.378 e. The molecule has 7 heteroatoms. The summed E-state index contributed by atoms with van der Waals surface area (Å²) in [4.78, 5) is 22.1. The van der Waals surface area contributed by atoms with E-state index in [1.807, 2.05) is 17.4 Å². The van der Waals surface area contributed by atoms with Crippen LogP contribution < -0.4 is 5.32 Å². The Bertz CT molecular complexity index is 851. The van der Waals surface area contributed by atoms with E-state index >= 15 is 0 Å². The molecule has 0 radical (unpaired) electrons. The highest BCUT2D eigenvalue weighted by Gasteiger charge is 2.44. The topological polar surface area (TPSA) is 77.8 Å². The average molecular weight is 401 g/mol. The minimum Gasteiger partial charge on any atom is -0.378 e. The van der Waals surface area contributed by atoms with Crippen molar-refractivity contribution in [1.82, 2.24) is 19.7 Å². The van der Waals surface area contributed by atoms with Crippen LogP contribution in [0.1, 0.15) is 67.3 Å². The lowest BCUT2D eigenvalue weighted by atomic mass is 9.82. The molecule has 7 nitrogen and oxygen atoms in total. The number of nitrogens with one attached hydrogen (secondary N) is 1. The second-order valence-corrected chi connectivity index (χ2v) is 8.52. The van der Waals surface area contributed by atoms with E-state index in [0.29, 0.717) is 35.9 Å². The van der Waals surface area contributed by atoms with Gasteiger partial charge in [0.1, 0.15) is 6.33 Å². The molecular formula is C22H32N4O3. The fraction of sp³-hybridized carbons (Fsp3) is 0.682. The quantitative estimate of drug-likeness (QED) is 0.688. The van der Waals surface area contributed by atoms with Crippen molar-refractivity contribution >= 4 is 11.6 Å². The summed E-state index contributed by atoms with van der Waals surface area (Å²) in [5, 5.41) is 3.29. The van der Waals surface area contributed by atoms with Gasteiger partial charge in [-0.25, -0.2) is 9.97 Å².